The van der Waals surface area contributed by atoms with E-state index in [1.54, 1.807) is 17.6 Å². The average Bonchev–Trinajstić information content (AvgIpc) is 3.51. The fourth-order valence-electron chi connectivity index (χ4n) is 6.33. The third kappa shape index (κ3) is 3.20. The number of aromatic nitrogens is 2. The van der Waals surface area contributed by atoms with Gasteiger partial charge >= 0.3 is 5.97 Å². The molecule has 1 unspecified atom stereocenters. The third-order valence-electron chi connectivity index (χ3n) is 8.60. The zero-order valence-corrected chi connectivity index (χ0v) is 21.0. The molecular formula is C28H29N3O6. The lowest BCUT2D eigenvalue weighted by molar-refractivity contribution is -0.172. The van der Waals surface area contributed by atoms with Crippen LogP contribution in [0.3, 0.4) is 0 Å². The van der Waals surface area contributed by atoms with Gasteiger partial charge in [-0.25, -0.2) is 9.78 Å². The predicted molar refractivity (Wildman–Crippen MR) is 134 cm³/mol. The van der Waals surface area contributed by atoms with E-state index in [1.807, 2.05) is 12.1 Å². The standard InChI is InChI=1S/C28H29N3O6/c1-3-28(34)20-9-22-25-18(12-31(22)26(32)19(20)13-35-27(28)33)17(11-30-7-5-4-6-15(30)2)16-8-23-24(37-14-36-23)10-21(16)29-25/h8-10,15,34H,3-7,11-14H2,1-2H3/t15?,28-/m0/s1. The molecular weight excluding hydrogens is 474 g/mol. The molecule has 0 bridgehead atoms. The Morgan fingerprint density at radius 3 is 2.70 bits per heavy atom. The van der Waals surface area contributed by atoms with Crippen molar-refractivity contribution in [1.82, 2.24) is 14.5 Å². The maximum Gasteiger partial charge on any atom is 0.343 e. The lowest BCUT2D eigenvalue weighted by Gasteiger charge is -2.34. The normalized spacial score (nSPS) is 24.1. The van der Waals surface area contributed by atoms with Crippen LogP contribution in [0.5, 0.6) is 11.5 Å². The summed E-state index contributed by atoms with van der Waals surface area (Å²) in [6, 6.07) is 6.14. The smallest absolute Gasteiger partial charge is 0.343 e. The summed E-state index contributed by atoms with van der Waals surface area (Å²) in [6.45, 7) is 6.17. The molecule has 9 nitrogen and oxygen atoms in total. The number of pyridine rings is 2. The van der Waals surface area contributed by atoms with Gasteiger partial charge in [0.2, 0.25) is 6.79 Å². The fourth-order valence-corrected chi connectivity index (χ4v) is 6.33. The van der Waals surface area contributed by atoms with Gasteiger partial charge in [-0.15, -0.1) is 0 Å². The van der Waals surface area contributed by atoms with Crippen LogP contribution >= 0.6 is 0 Å². The zero-order valence-electron chi connectivity index (χ0n) is 21.0. The van der Waals surface area contributed by atoms with Crippen LogP contribution < -0.4 is 15.0 Å². The SMILES string of the molecule is CC[C@@]1(O)C(=O)OCc2c1cc1n(c2=O)Cc2c-1nc1cc3c(cc1c2CN1CCCCC1C)OCO3. The highest BCUT2D eigenvalue weighted by atomic mass is 16.7. The summed E-state index contributed by atoms with van der Waals surface area (Å²) in [4.78, 5) is 33.7. The number of aliphatic hydroxyl groups is 1. The van der Waals surface area contributed by atoms with Crippen molar-refractivity contribution < 1.29 is 24.1 Å². The Kier molecular flexibility index (Phi) is 4.94. The molecule has 1 fully saturated rings. The molecule has 7 rings (SSSR count). The van der Waals surface area contributed by atoms with Crippen LogP contribution in [0.25, 0.3) is 22.3 Å². The number of hydrogen-bond donors (Lipinski definition) is 1. The van der Waals surface area contributed by atoms with E-state index in [4.69, 9.17) is 19.2 Å². The Balaban J connectivity index is 1.46. The van der Waals surface area contributed by atoms with Gasteiger partial charge in [0.25, 0.3) is 5.56 Å². The highest BCUT2D eigenvalue weighted by molar-refractivity contribution is 5.91. The first-order valence-corrected chi connectivity index (χ1v) is 13.1. The number of piperidine rings is 1. The molecule has 2 aromatic heterocycles. The molecule has 2 atom stereocenters. The van der Waals surface area contributed by atoms with E-state index >= 15 is 0 Å². The van der Waals surface area contributed by atoms with Crippen LogP contribution in [0, 0.1) is 0 Å². The highest BCUT2D eigenvalue weighted by Gasteiger charge is 2.45. The lowest BCUT2D eigenvalue weighted by Crippen LogP contribution is -2.44. The number of fused-ring (bicyclic) bond motifs is 6. The Morgan fingerprint density at radius 1 is 1.11 bits per heavy atom. The Bertz CT molecular complexity index is 1550. The van der Waals surface area contributed by atoms with Crippen LogP contribution in [0.1, 0.15) is 61.8 Å². The van der Waals surface area contributed by atoms with Gasteiger partial charge in [0.15, 0.2) is 17.1 Å². The van der Waals surface area contributed by atoms with Gasteiger partial charge in [0.05, 0.1) is 29.0 Å². The van der Waals surface area contributed by atoms with Crippen molar-refractivity contribution in [2.24, 2.45) is 0 Å². The zero-order chi connectivity index (χ0) is 25.5. The summed E-state index contributed by atoms with van der Waals surface area (Å²) in [5.74, 6) is 0.638. The molecule has 1 N–H and O–H groups in total. The van der Waals surface area contributed by atoms with E-state index in [0.29, 0.717) is 46.6 Å². The number of carbonyl (C=O) groups excluding carboxylic acids is 1. The van der Waals surface area contributed by atoms with Crippen molar-refractivity contribution in [2.75, 3.05) is 13.3 Å². The van der Waals surface area contributed by atoms with Crippen molar-refractivity contribution in [1.29, 1.82) is 0 Å². The average molecular weight is 504 g/mol. The van der Waals surface area contributed by atoms with Gasteiger partial charge in [-0.1, -0.05) is 13.3 Å². The molecule has 9 heteroatoms. The highest BCUT2D eigenvalue weighted by Crippen LogP contribution is 2.43. The van der Waals surface area contributed by atoms with Gasteiger partial charge < -0.3 is 23.9 Å². The van der Waals surface area contributed by atoms with Crippen LogP contribution in [-0.2, 0) is 34.8 Å². The second kappa shape index (κ2) is 8.03. The molecule has 0 saturated carbocycles. The Morgan fingerprint density at radius 2 is 1.92 bits per heavy atom. The first kappa shape index (κ1) is 22.7. The van der Waals surface area contributed by atoms with Crippen LogP contribution in [0.15, 0.2) is 23.0 Å². The number of hydrogen-bond acceptors (Lipinski definition) is 8. The van der Waals surface area contributed by atoms with Crippen molar-refractivity contribution in [2.45, 2.75) is 70.9 Å². The fraction of sp³-hybridized carbons (Fsp3) is 0.464. The molecule has 4 aliphatic heterocycles. The van der Waals surface area contributed by atoms with Crippen molar-refractivity contribution in [3.05, 3.63) is 50.8 Å². The van der Waals surface area contributed by atoms with Gasteiger partial charge in [-0.2, -0.15) is 0 Å². The molecule has 0 spiro atoms. The number of carbonyl (C=O) groups is 1. The molecule has 4 aliphatic rings. The number of ether oxygens (including phenoxy) is 3. The minimum atomic E-state index is -1.85. The molecule has 192 valence electrons. The molecule has 37 heavy (non-hydrogen) atoms. The first-order valence-electron chi connectivity index (χ1n) is 13.1. The molecule has 0 aliphatic carbocycles. The van der Waals surface area contributed by atoms with E-state index in [2.05, 4.69) is 11.8 Å². The number of nitrogens with zero attached hydrogens (tertiary/aromatic N) is 3. The maximum atomic E-state index is 13.7. The first-order chi connectivity index (χ1) is 17.9. The Hall–Kier alpha value is -3.43. The maximum absolute atomic E-state index is 13.7. The van der Waals surface area contributed by atoms with Crippen molar-refractivity contribution >= 4 is 16.9 Å². The summed E-state index contributed by atoms with van der Waals surface area (Å²) in [6.07, 6.45) is 3.67. The van der Waals surface area contributed by atoms with E-state index in [9.17, 15) is 14.7 Å². The van der Waals surface area contributed by atoms with Crippen molar-refractivity contribution in [3.63, 3.8) is 0 Å². The minimum Gasteiger partial charge on any atom is -0.458 e. The summed E-state index contributed by atoms with van der Waals surface area (Å²) >= 11 is 0. The minimum absolute atomic E-state index is 0.112. The van der Waals surface area contributed by atoms with Gasteiger partial charge in [-0.05, 0) is 50.4 Å². The number of rotatable bonds is 3. The lowest BCUT2D eigenvalue weighted by atomic mass is 9.86. The topological polar surface area (TPSA) is 103 Å². The van der Waals surface area contributed by atoms with E-state index in [-0.39, 0.29) is 25.4 Å². The predicted octanol–water partition coefficient (Wildman–Crippen LogP) is 3.18. The summed E-state index contributed by atoms with van der Waals surface area (Å²) in [7, 11) is 0. The second-order valence-corrected chi connectivity index (χ2v) is 10.6. The number of cyclic esters (lactones) is 1. The molecule has 1 aromatic carbocycles. The molecule has 3 aromatic rings. The quantitative estimate of drug-likeness (QED) is 0.425. The van der Waals surface area contributed by atoms with E-state index < -0.39 is 11.6 Å². The number of likely N-dealkylation sites (tertiary alicyclic amines) is 1. The number of benzene rings is 1. The molecule has 0 radical (unpaired) electrons. The van der Waals surface area contributed by atoms with E-state index in [1.165, 1.54) is 6.42 Å². The third-order valence-corrected chi connectivity index (χ3v) is 8.60. The summed E-state index contributed by atoms with van der Waals surface area (Å²) < 4.78 is 18.3. The van der Waals surface area contributed by atoms with Gasteiger partial charge in [0, 0.05) is 35.2 Å². The van der Waals surface area contributed by atoms with Crippen LogP contribution in [0.4, 0.5) is 0 Å². The van der Waals surface area contributed by atoms with Crippen LogP contribution in [-0.4, -0.2) is 44.9 Å². The largest absolute Gasteiger partial charge is 0.458 e. The number of esters is 1. The Labute approximate surface area is 213 Å². The molecule has 6 heterocycles. The van der Waals surface area contributed by atoms with Gasteiger partial charge in [-0.3, -0.25) is 9.69 Å². The van der Waals surface area contributed by atoms with E-state index in [0.717, 1.165) is 48.0 Å². The molecule has 1 saturated heterocycles. The molecule has 0 amide bonds. The van der Waals surface area contributed by atoms with Crippen LogP contribution in [0.2, 0.25) is 0 Å². The summed E-state index contributed by atoms with van der Waals surface area (Å²) in [5.41, 5.74) is 2.79. The summed E-state index contributed by atoms with van der Waals surface area (Å²) in [5, 5.41) is 12.2. The van der Waals surface area contributed by atoms with Crippen molar-refractivity contribution in [3.8, 4) is 22.9 Å². The van der Waals surface area contributed by atoms with Gasteiger partial charge in [0.1, 0.15) is 6.61 Å². The second-order valence-electron chi connectivity index (χ2n) is 10.6. The monoisotopic (exact) mass is 503 g/mol.